The van der Waals surface area contributed by atoms with Gasteiger partial charge in [-0.3, -0.25) is 0 Å². The first-order chi connectivity index (χ1) is 39.2. The monoisotopic (exact) mass is 1320 g/mol. The van der Waals surface area contributed by atoms with Gasteiger partial charge in [-0.15, -0.1) is 0 Å². The van der Waals surface area contributed by atoms with Crippen LogP contribution < -0.4 is 0 Å². The summed E-state index contributed by atoms with van der Waals surface area (Å²) in [6, 6.07) is 0. The minimum atomic E-state index is -2.20. The Morgan fingerprint density at radius 3 is 0.634 bits per heavy atom. The summed E-state index contributed by atoms with van der Waals surface area (Å²) in [6.07, 6.45) is -67.4. The third-order valence-electron chi connectivity index (χ3n) is 15.5. The molecule has 0 aromatic rings. The fraction of sp³-hybridized carbons (Fsp3) is 1.00. The normalized spacial score (nSPS) is 52.7. The molecule has 35 atom stereocenters. The van der Waals surface area contributed by atoms with Crippen molar-refractivity contribution in [3.8, 4) is 0 Å². The molecule has 4 unspecified atom stereocenters. The van der Waals surface area contributed by atoms with E-state index in [-0.39, 0.29) is 6.61 Å². The predicted octanol–water partition coefficient (Wildman–Crippen LogP) is -13.4. The molecule has 14 bridgehead atoms. The Hall–Kier alpha value is -0.610. The number of aliphatic hydroxyl groups excluding tert-OH is 20. The van der Waals surface area contributed by atoms with Gasteiger partial charge in [0.2, 0.25) is 0 Å². The van der Waals surface area contributed by atoms with Crippen LogP contribution in [0, 0.1) is 0 Å². The number of hydrogen-bond donors (Lipinski definition) is 20. The second-order valence-electron chi connectivity index (χ2n) is 20.9. The summed E-state index contributed by atoms with van der Waals surface area (Å²) in [6.45, 7) is -4.59. The Labute approximate surface area is 476 Å². The summed E-state index contributed by atoms with van der Waals surface area (Å²) < 4.78 is 87.7. The Bertz CT molecular complexity index is 1910. The molecule has 21 aliphatic heterocycles. The summed E-state index contributed by atoms with van der Waals surface area (Å²) in [4.78, 5) is 0. The van der Waals surface area contributed by atoms with Crippen LogP contribution in [0.1, 0.15) is 19.8 Å². The van der Waals surface area contributed by atoms with Crippen LogP contribution in [-0.4, -0.2) is 385 Å². The fourth-order valence-corrected chi connectivity index (χ4v) is 12.9. The number of hydrogen-bond acceptors (Lipinski definition) is 35. The molecule has 0 aliphatic carbocycles. The zero-order valence-corrected chi connectivity index (χ0v) is 46.1. The molecule has 21 heterocycles. The number of rotatable bonds is 12. The van der Waals surface area contributed by atoms with Crippen molar-refractivity contribution in [2.75, 3.05) is 46.2 Å². The maximum atomic E-state index is 11.7. The summed E-state index contributed by atoms with van der Waals surface area (Å²) in [7, 11) is 0. The Balaban J connectivity index is 1.09. The molecule has 21 saturated heterocycles. The third-order valence-corrected chi connectivity index (χ3v) is 17.7. The Morgan fingerprint density at radius 2 is 0.451 bits per heavy atom. The van der Waals surface area contributed by atoms with Crippen molar-refractivity contribution in [3.05, 3.63) is 0 Å². The van der Waals surface area contributed by atoms with Gasteiger partial charge in [0.25, 0.3) is 0 Å². The van der Waals surface area contributed by atoms with E-state index in [1.165, 1.54) is 0 Å². The molecule has 20 N–H and O–H groups in total. The van der Waals surface area contributed by atoms with Gasteiger partial charge in [-0.05, 0) is 0 Å². The van der Waals surface area contributed by atoms with Crippen LogP contribution in [-0.2, 0) is 69.4 Å². The van der Waals surface area contributed by atoms with E-state index >= 15 is 0 Å². The van der Waals surface area contributed by atoms with E-state index in [4.69, 9.17) is 69.4 Å². The van der Waals surface area contributed by atoms with Crippen LogP contribution in [0.15, 0.2) is 0 Å². The quantitative estimate of drug-likeness (QED) is 0.0637. The first-order valence-corrected chi connectivity index (χ1v) is 29.4. The van der Waals surface area contributed by atoms with Crippen LogP contribution in [0.4, 0.5) is 0 Å². The number of aliphatic hydroxyl groups is 20. The fourth-order valence-electron chi connectivity index (χ4n) is 10.8. The zero-order valence-electron chi connectivity index (χ0n) is 43.8. The molecule has 0 aromatic carbocycles. The summed E-state index contributed by atoms with van der Waals surface area (Å²) in [5, 5.41) is 223. The zero-order chi connectivity index (χ0) is 59.6. The minimum absolute atomic E-state index is 0.374. The van der Waals surface area contributed by atoms with Gasteiger partial charge in [0.15, 0.2) is 18.9 Å². The van der Waals surface area contributed by atoms with Crippen LogP contribution in [0.3, 0.4) is 0 Å². The Morgan fingerprint density at radius 1 is 0.268 bits per heavy atom. The molecule has 35 nitrogen and oxygen atoms in total. The second-order valence-corrected chi connectivity index (χ2v) is 23.4. The van der Waals surface area contributed by atoms with E-state index in [2.05, 4.69) is 0 Å². The van der Waals surface area contributed by atoms with Gasteiger partial charge in [-0.2, -0.15) is 0 Å². The molecule has 0 amide bonds. The SMILES string of the molecule is CCCC[Te]OC[C@H]1O[C@H]2O[C@H]3[C@H](O)[C@@H](O)[C@H](OC4[C@@H](CO)O[C@@H](OC5[C@@H](CO)O[C@@H](OC6[C@@H](CO)OC(O[C@H]7[C@H](O)[C@@H](O)[C@H](O[C@H]8[C@H](O)[C@@H](O)[C@H](O[C@H]1[C@H](O)[C@H]2O)O[C@@H]8CO)O[C@@H]7CO)[C@H](O)[C@H]6O)[C@H](O)[C@H]5O)[C@H](O)[C@H]4O)O[C@@H]3CO. The standard InChI is InChI=1S/C46H78O35Te/c1-2-3-4-82-67-11-18-39-25(59)32(66)46(74-18)80-38-17(10-52)72-44(30(64)23(38)57)78-36-15(8-50)70-42(28(62)21(36)55)76-34-13(6-48)68-40(26(60)19(34)53)75-33-12(5-47)69-41(27(61)20(33)54)77-35-14(7-49)71-43(29(63)22(35)56)79-37-16(9-51)73-45(81-39)31(65)24(37)58/h12-66H,2-11H2,1H3/t12-,13-,14-,15-,16-,17-,18-,19-,20-,21-,22-,23-,24-,25-,26-,27-,28-,29-,30-,31-,32-,33?,34?,35-,36?,37-,38-,39-,40+,41?,42+,43+,44+,45+,46+/m1/s1. The van der Waals surface area contributed by atoms with Crippen molar-refractivity contribution in [1.82, 2.24) is 0 Å². The molecule has 21 rings (SSSR count). The summed E-state index contributed by atoms with van der Waals surface area (Å²) >= 11 is -1.18. The average molecular weight is 1320 g/mol. The molecule has 82 heavy (non-hydrogen) atoms. The van der Waals surface area contributed by atoms with Gasteiger partial charge in [0.1, 0.15) is 85.5 Å². The van der Waals surface area contributed by atoms with Crippen molar-refractivity contribution in [2.45, 2.75) is 239 Å². The van der Waals surface area contributed by atoms with Gasteiger partial charge < -0.3 is 89.7 Å². The van der Waals surface area contributed by atoms with Crippen molar-refractivity contribution >= 4 is 21.3 Å². The van der Waals surface area contributed by atoms with Crippen LogP contribution in [0.2, 0.25) is 4.47 Å². The van der Waals surface area contributed by atoms with Crippen LogP contribution >= 0.6 is 0 Å². The van der Waals surface area contributed by atoms with Crippen LogP contribution in [0.5, 0.6) is 0 Å². The average Bonchev–Trinajstić information content (AvgIpc) is 2.94. The van der Waals surface area contributed by atoms with Gasteiger partial charge in [0.05, 0.1) is 26.4 Å². The second kappa shape index (κ2) is 29.8. The van der Waals surface area contributed by atoms with Gasteiger partial charge in [-0.25, -0.2) is 0 Å². The van der Waals surface area contributed by atoms with E-state index in [1.54, 1.807) is 0 Å². The summed E-state index contributed by atoms with van der Waals surface area (Å²) in [5.74, 6) is 0. The number of ether oxygens (including phenoxy) is 14. The van der Waals surface area contributed by atoms with Crippen LogP contribution in [0.25, 0.3) is 0 Å². The molecule has 0 aromatic heterocycles. The molecule has 0 radical (unpaired) electrons. The van der Waals surface area contributed by atoms with Crippen molar-refractivity contribution in [2.24, 2.45) is 0 Å². The topological polar surface area (TPSA) is 543 Å². The van der Waals surface area contributed by atoms with Crippen molar-refractivity contribution in [3.63, 3.8) is 0 Å². The molecule has 36 heteroatoms. The van der Waals surface area contributed by atoms with Crippen molar-refractivity contribution < 1.29 is 172 Å². The predicted molar refractivity (Wildman–Crippen MR) is 253 cm³/mol. The molecule has 21 aliphatic rings. The molecule has 478 valence electrons. The maximum absolute atomic E-state index is 11.7. The molecule has 0 spiro atoms. The molecule has 0 saturated carbocycles. The van der Waals surface area contributed by atoms with Gasteiger partial charge >= 0.3 is 258 Å². The molecule has 21 fully saturated rings. The van der Waals surface area contributed by atoms with E-state index in [1.807, 2.05) is 6.92 Å². The van der Waals surface area contributed by atoms with Crippen molar-refractivity contribution in [1.29, 1.82) is 0 Å². The van der Waals surface area contributed by atoms with E-state index in [9.17, 15) is 102 Å². The first-order valence-electron chi connectivity index (χ1n) is 26.8. The molecular formula is C46H78O35Te. The molecular weight excluding hydrogens is 1240 g/mol. The van der Waals surface area contributed by atoms with E-state index in [0.717, 1.165) is 12.8 Å². The van der Waals surface area contributed by atoms with E-state index < -0.39 is 276 Å². The Kier molecular flexibility index (Phi) is 24.5. The number of unbranched alkanes of at least 4 members (excludes halogenated alkanes) is 1. The van der Waals surface area contributed by atoms with E-state index in [0.29, 0.717) is 4.47 Å². The van der Waals surface area contributed by atoms with Gasteiger partial charge in [-0.1, -0.05) is 0 Å². The first kappa shape index (κ1) is 67.3. The third kappa shape index (κ3) is 14.0. The van der Waals surface area contributed by atoms with Gasteiger partial charge in [0, 0.05) is 0 Å². The summed E-state index contributed by atoms with van der Waals surface area (Å²) in [5.41, 5.74) is 0.